The molecule has 0 saturated heterocycles. The molecule has 26 heavy (non-hydrogen) atoms. The summed E-state index contributed by atoms with van der Waals surface area (Å²) in [7, 11) is 0. The highest BCUT2D eigenvalue weighted by Crippen LogP contribution is 2.30. The van der Waals surface area contributed by atoms with E-state index in [0.29, 0.717) is 23.0 Å². The Labute approximate surface area is 155 Å². The van der Waals surface area contributed by atoms with Gasteiger partial charge in [0.2, 0.25) is 0 Å². The van der Waals surface area contributed by atoms with Gasteiger partial charge in [-0.3, -0.25) is 4.79 Å². The predicted molar refractivity (Wildman–Crippen MR) is 102 cm³/mol. The molecular formula is C21H30N4O. The fourth-order valence-electron chi connectivity index (χ4n) is 4.64. The SMILES string of the molecule is CC1CCCC(NC(=O)c2cnn3c4c(cnc23)CCCCCC4)C1C. The molecule has 2 aromatic rings. The van der Waals surface area contributed by atoms with Crippen LogP contribution in [0.4, 0.5) is 0 Å². The number of aryl methyl sites for hydroxylation is 2. The van der Waals surface area contributed by atoms with E-state index in [-0.39, 0.29) is 11.9 Å². The summed E-state index contributed by atoms with van der Waals surface area (Å²) in [5.41, 5.74) is 3.86. The lowest BCUT2D eigenvalue weighted by molar-refractivity contribution is 0.0892. The predicted octanol–water partition coefficient (Wildman–Crippen LogP) is 3.94. The van der Waals surface area contributed by atoms with Crippen molar-refractivity contribution in [3.63, 3.8) is 0 Å². The zero-order chi connectivity index (χ0) is 18.1. The normalized spacial score (nSPS) is 26.8. The molecule has 1 N–H and O–H groups in total. The molecule has 3 unspecified atom stereocenters. The van der Waals surface area contributed by atoms with Gasteiger partial charge in [-0.2, -0.15) is 5.10 Å². The summed E-state index contributed by atoms with van der Waals surface area (Å²) in [5, 5.41) is 7.81. The van der Waals surface area contributed by atoms with Crippen molar-refractivity contribution >= 4 is 11.6 Å². The van der Waals surface area contributed by atoms with Crippen molar-refractivity contribution in [2.24, 2.45) is 11.8 Å². The third kappa shape index (κ3) is 3.24. The molecule has 2 aliphatic rings. The maximum Gasteiger partial charge on any atom is 0.256 e. The lowest BCUT2D eigenvalue weighted by Crippen LogP contribution is -2.43. The molecule has 3 atom stereocenters. The van der Waals surface area contributed by atoms with Crippen molar-refractivity contribution in [3.8, 4) is 0 Å². The lowest BCUT2D eigenvalue weighted by atomic mass is 9.78. The van der Waals surface area contributed by atoms with Gasteiger partial charge in [-0.15, -0.1) is 0 Å². The number of nitrogens with zero attached hydrogens (tertiary/aromatic N) is 3. The van der Waals surface area contributed by atoms with E-state index in [2.05, 4.69) is 29.2 Å². The number of fused-ring (bicyclic) bond motifs is 3. The van der Waals surface area contributed by atoms with Crippen LogP contribution in [0.2, 0.25) is 0 Å². The zero-order valence-corrected chi connectivity index (χ0v) is 16.0. The smallest absolute Gasteiger partial charge is 0.256 e. The zero-order valence-electron chi connectivity index (χ0n) is 16.0. The molecular weight excluding hydrogens is 324 g/mol. The molecule has 2 aromatic heterocycles. The van der Waals surface area contributed by atoms with Gasteiger partial charge in [-0.1, -0.05) is 39.5 Å². The maximum absolute atomic E-state index is 12.9. The second-order valence-corrected chi connectivity index (χ2v) is 8.29. The molecule has 0 bridgehead atoms. The third-order valence-electron chi connectivity index (χ3n) is 6.59. The van der Waals surface area contributed by atoms with E-state index in [1.807, 2.05) is 10.7 Å². The highest BCUT2D eigenvalue weighted by molar-refractivity contribution is 5.99. The van der Waals surface area contributed by atoms with Gasteiger partial charge in [-0.05, 0) is 49.5 Å². The van der Waals surface area contributed by atoms with Crippen molar-refractivity contribution in [2.45, 2.75) is 77.7 Å². The van der Waals surface area contributed by atoms with Gasteiger partial charge in [0.25, 0.3) is 5.91 Å². The van der Waals surface area contributed by atoms with Crippen LogP contribution in [0.15, 0.2) is 12.4 Å². The number of hydrogen-bond donors (Lipinski definition) is 1. The van der Waals surface area contributed by atoms with Gasteiger partial charge in [0.1, 0.15) is 5.56 Å². The minimum atomic E-state index is -0.0238. The molecule has 0 spiro atoms. The molecule has 0 radical (unpaired) electrons. The van der Waals surface area contributed by atoms with Crippen molar-refractivity contribution in [2.75, 3.05) is 0 Å². The van der Waals surface area contributed by atoms with E-state index in [0.717, 1.165) is 19.3 Å². The first-order valence-electron chi connectivity index (χ1n) is 10.3. The van der Waals surface area contributed by atoms with Gasteiger partial charge in [-0.25, -0.2) is 9.50 Å². The topological polar surface area (TPSA) is 59.3 Å². The summed E-state index contributed by atoms with van der Waals surface area (Å²) in [4.78, 5) is 17.5. The highest BCUT2D eigenvalue weighted by atomic mass is 16.1. The van der Waals surface area contributed by atoms with Crippen molar-refractivity contribution in [1.29, 1.82) is 0 Å². The second-order valence-electron chi connectivity index (χ2n) is 8.29. The first kappa shape index (κ1) is 17.5. The molecule has 1 amide bonds. The molecule has 5 nitrogen and oxygen atoms in total. The van der Waals surface area contributed by atoms with E-state index in [1.165, 1.54) is 49.8 Å². The van der Waals surface area contributed by atoms with Crippen molar-refractivity contribution in [1.82, 2.24) is 19.9 Å². The minimum absolute atomic E-state index is 0.0238. The standard InChI is InChI=1S/C21H30N4O/c1-14-8-7-10-18(15(14)2)24-21(26)17-13-23-25-19-11-6-4-3-5-9-16(19)12-22-20(17)25/h12-15,18H,3-11H2,1-2H3,(H,24,26). The fraction of sp³-hybridized carbons (Fsp3) is 0.667. The molecule has 4 rings (SSSR count). The number of rotatable bonds is 2. The number of nitrogens with one attached hydrogen (secondary N) is 1. The highest BCUT2D eigenvalue weighted by Gasteiger charge is 2.29. The number of amides is 1. The van der Waals surface area contributed by atoms with Gasteiger partial charge in [0.15, 0.2) is 5.65 Å². The van der Waals surface area contributed by atoms with Crippen LogP contribution in [0.3, 0.4) is 0 Å². The second kappa shape index (κ2) is 7.37. The van der Waals surface area contributed by atoms with Crippen LogP contribution in [-0.4, -0.2) is 26.5 Å². The first-order chi connectivity index (χ1) is 12.6. The van der Waals surface area contributed by atoms with E-state index in [1.54, 1.807) is 6.20 Å². The Balaban J connectivity index is 1.60. The number of hydrogen-bond acceptors (Lipinski definition) is 3. The quantitative estimate of drug-likeness (QED) is 0.888. The average Bonchev–Trinajstić information content (AvgIpc) is 3.03. The number of carbonyl (C=O) groups excluding carboxylic acids is 1. The molecule has 0 aromatic carbocycles. The monoisotopic (exact) mass is 354 g/mol. The Bertz CT molecular complexity index is 797. The molecule has 1 saturated carbocycles. The molecule has 2 aliphatic carbocycles. The van der Waals surface area contributed by atoms with Crippen LogP contribution >= 0.6 is 0 Å². The lowest BCUT2D eigenvalue weighted by Gasteiger charge is -2.34. The van der Waals surface area contributed by atoms with Gasteiger partial charge in [0, 0.05) is 17.9 Å². The number of aromatic nitrogens is 3. The van der Waals surface area contributed by atoms with Crippen molar-refractivity contribution < 1.29 is 4.79 Å². The van der Waals surface area contributed by atoms with Gasteiger partial charge >= 0.3 is 0 Å². The summed E-state index contributed by atoms with van der Waals surface area (Å²) in [6.45, 7) is 4.55. The fourth-order valence-corrected chi connectivity index (χ4v) is 4.64. The molecule has 2 heterocycles. The average molecular weight is 354 g/mol. The summed E-state index contributed by atoms with van der Waals surface area (Å²) in [6.07, 6.45) is 14.3. The largest absolute Gasteiger partial charge is 0.349 e. The Morgan fingerprint density at radius 3 is 2.73 bits per heavy atom. The Kier molecular flexibility index (Phi) is 4.96. The maximum atomic E-state index is 12.9. The molecule has 0 aliphatic heterocycles. The van der Waals surface area contributed by atoms with Crippen LogP contribution in [0.5, 0.6) is 0 Å². The van der Waals surface area contributed by atoms with Crippen LogP contribution in [-0.2, 0) is 12.8 Å². The van der Waals surface area contributed by atoms with Crippen LogP contribution in [0, 0.1) is 11.8 Å². The summed E-state index contributed by atoms with van der Waals surface area (Å²) in [6, 6.07) is 0.255. The van der Waals surface area contributed by atoms with Crippen LogP contribution in [0.25, 0.3) is 5.65 Å². The Morgan fingerprint density at radius 2 is 1.88 bits per heavy atom. The summed E-state index contributed by atoms with van der Waals surface area (Å²) < 4.78 is 1.92. The summed E-state index contributed by atoms with van der Waals surface area (Å²) >= 11 is 0. The summed E-state index contributed by atoms with van der Waals surface area (Å²) in [5.74, 6) is 1.16. The molecule has 5 heteroatoms. The van der Waals surface area contributed by atoms with Gasteiger partial charge in [0.05, 0.1) is 6.20 Å². The first-order valence-corrected chi connectivity index (χ1v) is 10.3. The van der Waals surface area contributed by atoms with E-state index in [9.17, 15) is 4.79 Å². The molecule has 140 valence electrons. The van der Waals surface area contributed by atoms with E-state index >= 15 is 0 Å². The number of carbonyl (C=O) groups is 1. The Hall–Kier alpha value is -1.91. The third-order valence-corrected chi connectivity index (χ3v) is 6.59. The van der Waals surface area contributed by atoms with Gasteiger partial charge < -0.3 is 5.32 Å². The Morgan fingerprint density at radius 1 is 1.08 bits per heavy atom. The van der Waals surface area contributed by atoms with E-state index < -0.39 is 0 Å². The van der Waals surface area contributed by atoms with Crippen LogP contribution < -0.4 is 5.32 Å². The van der Waals surface area contributed by atoms with Crippen molar-refractivity contribution in [3.05, 3.63) is 29.2 Å². The van der Waals surface area contributed by atoms with E-state index in [4.69, 9.17) is 0 Å². The minimum Gasteiger partial charge on any atom is -0.349 e. The molecule has 1 fully saturated rings. The van der Waals surface area contributed by atoms with Crippen LogP contribution in [0.1, 0.15) is 80.4 Å².